The Bertz CT molecular complexity index is 390. The average molecular weight is 236 g/mol. The van der Waals surface area contributed by atoms with Gasteiger partial charge in [-0.05, 0) is 39.3 Å². The maximum Gasteiger partial charge on any atom is 0.329 e. The van der Waals surface area contributed by atoms with E-state index >= 15 is 0 Å². The summed E-state index contributed by atoms with van der Waals surface area (Å²) in [4.78, 5) is 15.7. The van der Waals surface area contributed by atoms with Crippen molar-refractivity contribution in [2.45, 2.75) is 45.2 Å². The first-order chi connectivity index (χ1) is 7.82. The number of aliphatic carboxylic acids is 1. The van der Waals surface area contributed by atoms with Crippen LogP contribution in [-0.4, -0.2) is 21.6 Å². The van der Waals surface area contributed by atoms with Crippen molar-refractivity contribution in [2.24, 2.45) is 0 Å². The molecule has 0 saturated heterocycles. The van der Waals surface area contributed by atoms with Gasteiger partial charge in [0.25, 0.3) is 0 Å². The van der Waals surface area contributed by atoms with Crippen LogP contribution in [0.1, 0.15) is 39.8 Å². The number of rotatable bonds is 5. The SMILES string of the molecule is CCC(C)(C)NC(C)(C(=O)O)c1ccccn1. The van der Waals surface area contributed by atoms with Gasteiger partial charge in [-0.15, -0.1) is 0 Å². The van der Waals surface area contributed by atoms with Gasteiger partial charge in [0.2, 0.25) is 0 Å². The van der Waals surface area contributed by atoms with Crippen molar-refractivity contribution in [1.29, 1.82) is 0 Å². The number of carboxylic acids is 1. The molecule has 94 valence electrons. The number of hydrogen-bond donors (Lipinski definition) is 2. The molecule has 0 saturated carbocycles. The molecule has 0 aliphatic rings. The van der Waals surface area contributed by atoms with Gasteiger partial charge in [0, 0.05) is 11.7 Å². The van der Waals surface area contributed by atoms with Gasteiger partial charge in [-0.1, -0.05) is 13.0 Å². The topological polar surface area (TPSA) is 62.2 Å². The van der Waals surface area contributed by atoms with E-state index < -0.39 is 11.5 Å². The fourth-order valence-electron chi connectivity index (χ4n) is 1.65. The zero-order valence-corrected chi connectivity index (χ0v) is 10.8. The zero-order chi connectivity index (χ0) is 13.1. The van der Waals surface area contributed by atoms with Crippen LogP contribution in [0, 0.1) is 0 Å². The van der Waals surface area contributed by atoms with E-state index in [1.54, 1.807) is 31.3 Å². The molecule has 0 spiro atoms. The molecule has 0 radical (unpaired) electrons. The van der Waals surface area contributed by atoms with Crippen LogP contribution in [-0.2, 0) is 10.3 Å². The van der Waals surface area contributed by atoms with Crippen molar-refractivity contribution in [3.05, 3.63) is 30.1 Å². The van der Waals surface area contributed by atoms with E-state index in [2.05, 4.69) is 10.3 Å². The first kappa shape index (κ1) is 13.6. The minimum absolute atomic E-state index is 0.259. The summed E-state index contributed by atoms with van der Waals surface area (Å²) in [5.74, 6) is -0.919. The maximum absolute atomic E-state index is 11.5. The molecule has 1 heterocycles. The molecule has 0 amide bonds. The van der Waals surface area contributed by atoms with Gasteiger partial charge in [-0.3, -0.25) is 10.3 Å². The second kappa shape index (κ2) is 4.84. The van der Waals surface area contributed by atoms with Crippen LogP contribution >= 0.6 is 0 Å². The highest BCUT2D eigenvalue weighted by molar-refractivity contribution is 5.79. The summed E-state index contributed by atoms with van der Waals surface area (Å²) in [5, 5.41) is 12.6. The van der Waals surface area contributed by atoms with Crippen LogP contribution in [0.4, 0.5) is 0 Å². The maximum atomic E-state index is 11.5. The molecular weight excluding hydrogens is 216 g/mol. The normalized spacial score (nSPS) is 15.3. The average Bonchev–Trinajstić information content (AvgIpc) is 2.29. The van der Waals surface area contributed by atoms with Gasteiger partial charge in [0.15, 0.2) is 5.54 Å². The molecular formula is C13H20N2O2. The molecule has 1 unspecified atom stereocenters. The molecule has 1 aromatic heterocycles. The molecule has 0 aromatic carbocycles. The van der Waals surface area contributed by atoms with Crippen LogP contribution in [0.3, 0.4) is 0 Å². The Morgan fingerprint density at radius 2 is 2.06 bits per heavy atom. The van der Waals surface area contributed by atoms with Gasteiger partial charge in [-0.25, -0.2) is 4.79 Å². The Kier molecular flexibility index (Phi) is 3.88. The van der Waals surface area contributed by atoms with E-state index in [4.69, 9.17) is 0 Å². The van der Waals surface area contributed by atoms with Crippen LogP contribution in [0.15, 0.2) is 24.4 Å². The molecule has 17 heavy (non-hydrogen) atoms. The van der Waals surface area contributed by atoms with Crippen molar-refractivity contribution in [1.82, 2.24) is 10.3 Å². The molecule has 0 bridgehead atoms. The third-order valence-corrected chi connectivity index (χ3v) is 3.08. The van der Waals surface area contributed by atoms with E-state index in [0.29, 0.717) is 5.69 Å². The standard InChI is InChI=1S/C13H20N2O2/c1-5-12(2,3)15-13(4,11(16)17)10-8-6-7-9-14-10/h6-9,15H,5H2,1-4H3,(H,16,17). The summed E-state index contributed by atoms with van der Waals surface area (Å²) < 4.78 is 0. The molecule has 0 aliphatic carbocycles. The minimum atomic E-state index is -1.17. The van der Waals surface area contributed by atoms with Gasteiger partial charge in [0.1, 0.15) is 0 Å². The molecule has 4 nitrogen and oxygen atoms in total. The highest BCUT2D eigenvalue weighted by Gasteiger charge is 2.40. The summed E-state index contributed by atoms with van der Waals surface area (Å²) >= 11 is 0. The lowest BCUT2D eigenvalue weighted by Gasteiger charge is -2.35. The zero-order valence-electron chi connectivity index (χ0n) is 10.8. The Hall–Kier alpha value is -1.42. The number of carboxylic acid groups (broad SMARTS) is 1. The second-order valence-electron chi connectivity index (χ2n) is 5.01. The van der Waals surface area contributed by atoms with Crippen LogP contribution in [0.2, 0.25) is 0 Å². The lowest BCUT2D eigenvalue weighted by atomic mass is 9.91. The number of aromatic nitrogens is 1. The van der Waals surface area contributed by atoms with Gasteiger partial charge >= 0.3 is 5.97 Å². The lowest BCUT2D eigenvalue weighted by Crippen LogP contribution is -2.56. The number of nitrogens with one attached hydrogen (secondary N) is 1. The first-order valence-electron chi connectivity index (χ1n) is 5.76. The Morgan fingerprint density at radius 3 is 2.47 bits per heavy atom. The summed E-state index contributed by atoms with van der Waals surface area (Å²) in [6, 6.07) is 5.30. The third kappa shape index (κ3) is 3.03. The van der Waals surface area contributed by atoms with Crippen LogP contribution in [0.25, 0.3) is 0 Å². The van der Waals surface area contributed by atoms with Crippen molar-refractivity contribution < 1.29 is 9.90 Å². The molecule has 1 atom stereocenters. The van der Waals surface area contributed by atoms with Crippen molar-refractivity contribution in [2.75, 3.05) is 0 Å². The van der Waals surface area contributed by atoms with Crippen molar-refractivity contribution in [3.8, 4) is 0 Å². The van der Waals surface area contributed by atoms with Crippen molar-refractivity contribution >= 4 is 5.97 Å². The monoisotopic (exact) mass is 236 g/mol. The number of nitrogens with zero attached hydrogens (tertiary/aromatic N) is 1. The molecule has 2 N–H and O–H groups in total. The predicted octanol–water partition coefficient (Wildman–Crippen LogP) is 2.16. The second-order valence-corrected chi connectivity index (χ2v) is 5.01. The molecule has 0 fully saturated rings. The van der Waals surface area contributed by atoms with Crippen LogP contribution in [0.5, 0.6) is 0 Å². The smallest absolute Gasteiger partial charge is 0.329 e. The molecule has 4 heteroatoms. The number of hydrogen-bond acceptors (Lipinski definition) is 3. The Morgan fingerprint density at radius 1 is 1.41 bits per heavy atom. The van der Waals surface area contributed by atoms with Gasteiger partial charge < -0.3 is 5.11 Å². The summed E-state index contributed by atoms with van der Waals surface area (Å²) in [6.45, 7) is 7.64. The van der Waals surface area contributed by atoms with Gasteiger partial charge in [0.05, 0.1) is 5.69 Å². The minimum Gasteiger partial charge on any atom is -0.480 e. The summed E-state index contributed by atoms with van der Waals surface area (Å²) in [5.41, 5.74) is -0.903. The fraction of sp³-hybridized carbons (Fsp3) is 0.538. The summed E-state index contributed by atoms with van der Waals surface area (Å²) in [6.07, 6.45) is 2.44. The largest absolute Gasteiger partial charge is 0.480 e. The first-order valence-corrected chi connectivity index (χ1v) is 5.76. The fourth-order valence-corrected chi connectivity index (χ4v) is 1.65. The Labute approximate surface area is 102 Å². The third-order valence-electron chi connectivity index (χ3n) is 3.08. The summed E-state index contributed by atoms with van der Waals surface area (Å²) in [7, 11) is 0. The highest BCUT2D eigenvalue weighted by atomic mass is 16.4. The molecule has 0 aliphatic heterocycles. The quantitative estimate of drug-likeness (QED) is 0.822. The number of carbonyl (C=O) groups is 1. The van der Waals surface area contributed by atoms with Crippen LogP contribution < -0.4 is 5.32 Å². The van der Waals surface area contributed by atoms with Crippen molar-refractivity contribution in [3.63, 3.8) is 0 Å². The highest BCUT2D eigenvalue weighted by Crippen LogP contribution is 2.23. The van der Waals surface area contributed by atoms with E-state index in [9.17, 15) is 9.90 Å². The van der Waals surface area contributed by atoms with E-state index in [0.717, 1.165) is 6.42 Å². The Balaban J connectivity index is 3.12. The van der Waals surface area contributed by atoms with E-state index in [1.807, 2.05) is 20.8 Å². The predicted molar refractivity (Wildman–Crippen MR) is 66.7 cm³/mol. The van der Waals surface area contributed by atoms with E-state index in [1.165, 1.54) is 0 Å². The lowest BCUT2D eigenvalue weighted by molar-refractivity contribution is -0.145. The molecule has 1 rings (SSSR count). The van der Waals surface area contributed by atoms with Gasteiger partial charge in [-0.2, -0.15) is 0 Å². The molecule has 1 aromatic rings. The number of pyridine rings is 1. The van der Waals surface area contributed by atoms with E-state index in [-0.39, 0.29) is 5.54 Å².